The van der Waals surface area contributed by atoms with Crippen LogP contribution in [0, 0.1) is 19.8 Å². The molecule has 2 unspecified atom stereocenters. The molecule has 1 N–H and O–H groups in total. The Morgan fingerprint density at radius 3 is 2.47 bits per heavy atom. The van der Waals surface area contributed by atoms with Crippen LogP contribution in [0.15, 0.2) is 72.8 Å². The summed E-state index contributed by atoms with van der Waals surface area (Å²) in [5.41, 5.74) is 5.89. The van der Waals surface area contributed by atoms with Gasteiger partial charge in [0.15, 0.2) is 0 Å². The number of aryl methyl sites for hydroxylation is 2. The summed E-state index contributed by atoms with van der Waals surface area (Å²) in [4.78, 5) is 14.1. The molecule has 4 heteroatoms. The zero-order chi connectivity index (χ0) is 22.5. The van der Waals surface area contributed by atoms with Crippen LogP contribution in [0.5, 0.6) is 5.75 Å². The van der Waals surface area contributed by atoms with Gasteiger partial charge in [-0.25, -0.2) is 0 Å². The largest absolute Gasteiger partial charge is 0.489 e. The third-order valence-corrected chi connectivity index (χ3v) is 6.15. The number of piperidine rings is 1. The van der Waals surface area contributed by atoms with Crippen molar-refractivity contribution in [3.05, 3.63) is 101 Å². The molecule has 2 atom stereocenters. The Morgan fingerprint density at radius 2 is 1.75 bits per heavy atom. The Hall–Kier alpha value is -3.11. The molecule has 3 aromatic carbocycles. The molecule has 166 valence electrons. The van der Waals surface area contributed by atoms with Crippen molar-refractivity contribution in [2.75, 3.05) is 13.1 Å². The predicted molar refractivity (Wildman–Crippen MR) is 127 cm³/mol. The van der Waals surface area contributed by atoms with Gasteiger partial charge < -0.3 is 9.84 Å². The minimum Gasteiger partial charge on any atom is -0.489 e. The highest BCUT2D eigenvalue weighted by atomic mass is 16.5. The summed E-state index contributed by atoms with van der Waals surface area (Å²) < 4.78 is 6.10. The monoisotopic (exact) mass is 429 g/mol. The molecule has 0 saturated carbocycles. The van der Waals surface area contributed by atoms with Crippen LogP contribution in [0.3, 0.4) is 0 Å². The lowest BCUT2D eigenvalue weighted by Crippen LogP contribution is -2.41. The predicted octanol–water partition coefficient (Wildman–Crippen LogP) is 5.77. The summed E-state index contributed by atoms with van der Waals surface area (Å²) in [5, 5.41) is 9.64. The van der Waals surface area contributed by atoms with E-state index in [4.69, 9.17) is 4.74 Å². The fourth-order valence-corrected chi connectivity index (χ4v) is 4.74. The van der Waals surface area contributed by atoms with Gasteiger partial charge in [-0.15, -0.1) is 0 Å². The minimum atomic E-state index is -0.700. The van der Waals surface area contributed by atoms with Crippen molar-refractivity contribution in [2.45, 2.75) is 39.3 Å². The number of ether oxygens (including phenoxy) is 1. The van der Waals surface area contributed by atoms with E-state index < -0.39 is 5.97 Å². The van der Waals surface area contributed by atoms with Crippen LogP contribution in [0.4, 0.5) is 0 Å². The van der Waals surface area contributed by atoms with Gasteiger partial charge in [0.2, 0.25) is 0 Å². The lowest BCUT2D eigenvalue weighted by atomic mass is 9.90. The van der Waals surface area contributed by atoms with Crippen molar-refractivity contribution in [3.8, 4) is 5.75 Å². The molecule has 4 rings (SSSR count). The van der Waals surface area contributed by atoms with Gasteiger partial charge in [-0.2, -0.15) is 0 Å². The van der Waals surface area contributed by atoms with Crippen molar-refractivity contribution in [1.29, 1.82) is 0 Å². The molecule has 32 heavy (non-hydrogen) atoms. The first-order chi connectivity index (χ1) is 15.5. The molecule has 1 heterocycles. The summed E-state index contributed by atoms with van der Waals surface area (Å²) in [7, 11) is 0. The summed E-state index contributed by atoms with van der Waals surface area (Å²) in [5.74, 6) is -0.198. The average molecular weight is 430 g/mol. The van der Waals surface area contributed by atoms with Gasteiger partial charge in [-0.05, 0) is 62.1 Å². The van der Waals surface area contributed by atoms with Gasteiger partial charge in [0.25, 0.3) is 0 Å². The number of hydrogen-bond donors (Lipinski definition) is 1. The maximum atomic E-state index is 11.7. The van der Waals surface area contributed by atoms with E-state index in [9.17, 15) is 9.90 Å². The molecule has 0 aliphatic carbocycles. The van der Waals surface area contributed by atoms with E-state index in [0.717, 1.165) is 36.3 Å². The second-order valence-electron chi connectivity index (χ2n) is 8.84. The van der Waals surface area contributed by atoms with E-state index in [1.807, 2.05) is 30.3 Å². The molecular weight excluding hydrogens is 398 g/mol. The lowest BCUT2D eigenvalue weighted by Gasteiger charge is -2.38. The van der Waals surface area contributed by atoms with Gasteiger partial charge in [-0.3, -0.25) is 9.69 Å². The topological polar surface area (TPSA) is 49.8 Å². The quantitative estimate of drug-likeness (QED) is 0.518. The Bertz CT molecular complexity index is 1040. The SMILES string of the molecule is Cc1cc(C)cc(C(c2cccc(OCc3ccccc3)c2)N2CCCC(C(=O)O)C2)c1. The van der Waals surface area contributed by atoms with Crippen LogP contribution >= 0.6 is 0 Å². The average Bonchev–Trinajstić information content (AvgIpc) is 2.78. The molecule has 3 aromatic rings. The number of aliphatic carboxylic acids is 1. The Morgan fingerprint density at radius 1 is 1.00 bits per heavy atom. The molecule has 4 nitrogen and oxygen atoms in total. The van der Waals surface area contributed by atoms with Gasteiger partial charge in [0.1, 0.15) is 12.4 Å². The van der Waals surface area contributed by atoms with Crippen LogP contribution in [-0.4, -0.2) is 29.1 Å². The van der Waals surface area contributed by atoms with Crippen molar-refractivity contribution < 1.29 is 14.6 Å². The summed E-state index contributed by atoms with van der Waals surface area (Å²) in [6, 6.07) is 25.0. The second kappa shape index (κ2) is 10.0. The van der Waals surface area contributed by atoms with E-state index >= 15 is 0 Å². The minimum absolute atomic E-state index is 0.00368. The van der Waals surface area contributed by atoms with E-state index in [1.165, 1.54) is 16.7 Å². The van der Waals surface area contributed by atoms with Crippen molar-refractivity contribution in [3.63, 3.8) is 0 Å². The summed E-state index contributed by atoms with van der Waals surface area (Å²) >= 11 is 0. The molecule has 1 saturated heterocycles. The molecule has 1 aliphatic heterocycles. The van der Waals surface area contributed by atoms with Crippen molar-refractivity contribution in [1.82, 2.24) is 4.90 Å². The normalized spacial score (nSPS) is 17.6. The van der Waals surface area contributed by atoms with E-state index in [0.29, 0.717) is 13.2 Å². The number of benzene rings is 3. The smallest absolute Gasteiger partial charge is 0.307 e. The standard InChI is InChI=1S/C28H31NO3/c1-20-14-21(2)16-25(15-20)27(29-13-7-11-24(18-29)28(30)31)23-10-6-12-26(17-23)32-19-22-8-4-3-5-9-22/h3-6,8-10,12,14-17,24,27H,7,11,13,18-19H2,1-2H3,(H,30,31). The van der Waals surface area contributed by atoms with Crippen molar-refractivity contribution >= 4 is 5.97 Å². The maximum absolute atomic E-state index is 11.7. The highest BCUT2D eigenvalue weighted by Gasteiger charge is 2.31. The van der Waals surface area contributed by atoms with Crippen LogP contribution < -0.4 is 4.74 Å². The molecule has 0 aromatic heterocycles. The van der Waals surface area contributed by atoms with E-state index in [2.05, 4.69) is 61.2 Å². The zero-order valence-electron chi connectivity index (χ0n) is 18.8. The third-order valence-electron chi connectivity index (χ3n) is 6.15. The Kier molecular flexibility index (Phi) is 6.91. The molecule has 0 spiro atoms. The number of likely N-dealkylation sites (tertiary alicyclic amines) is 1. The molecule has 0 bridgehead atoms. The first-order valence-electron chi connectivity index (χ1n) is 11.3. The Labute approximate surface area is 190 Å². The first kappa shape index (κ1) is 22.1. The number of nitrogens with zero attached hydrogens (tertiary/aromatic N) is 1. The number of rotatable bonds is 7. The van der Waals surface area contributed by atoms with Crippen molar-refractivity contribution in [2.24, 2.45) is 5.92 Å². The maximum Gasteiger partial charge on any atom is 0.307 e. The Balaban J connectivity index is 1.66. The number of hydrogen-bond acceptors (Lipinski definition) is 3. The van der Waals surface area contributed by atoms with Crippen LogP contribution in [0.2, 0.25) is 0 Å². The highest BCUT2D eigenvalue weighted by molar-refractivity contribution is 5.70. The van der Waals surface area contributed by atoms with Crippen LogP contribution in [0.1, 0.15) is 46.7 Å². The number of carboxylic acids is 1. The fraction of sp³-hybridized carbons (Fsp3) is 0.321. The van der Waals surface area contributed by atoms with Gasteiger partial charge >= 0.3 is 5.97 Å². The molecule has 1 aliphatic rings. The van der Waals surface area contributed by atoms with Gasteiger partial charge in [-0.1, -0.05) is 71.8 Å². The third kappa shape index (κ3) is 5.38. The zero-order valence-corrected chi connectivity index (χ0v) is 18.8. The number of carboxylic acid groups (broad SMARTS) is 1. The molecular formula is C28H31NO3. The molecule has 0 amide bonds. The second-order valence-corrected chi connectivity index (χ2v) is 8.84. The lowest BCUT2D eigenvalue weighted by molar-refractivity contribution is -0.143. The number of carbonyl (C=O) groups is 1. The highest BCUT2D eigenvalue weighted by Crippen LogP contribution is 2.35. The van der Waals surface area contributed by atoms with Gasteiger partial charge in [0.05, 0.1) is 12.0 Å². The van der Waals surface area contributed by atoms with Gasteiger partial charge in [0, 0.05) is 6.54 Å². The summed E-state index contributed by atoms with van der Waals surface area (Å²) in [6.45, 7) is 6.19. The first-order valence-corrected chi connectivity index (χ1v) is 11.3. The molecule has 0 radical (unpaired) electrons. The summed E-state index contributed by atoms with van der Waals surface area (Å²) in [6.07, 6.45) is 1.63. The van der Waals surface area contributed by atoms with E-state index in [1.54, 1.807) is 0 Å². The molecule has 1 fully saturated rings. The van der Waals surface area contributed by atoms with E-state index in [-0.39, 0.29) is 12.0 Å². The van der Waals surface area contributed by atoms with Crippen LogP contribution in [0.25, 0.3) is 0 Å². The van der Waals surface area contributed by atoms with Crippen LogP contribution in [-0.2, 0) is 11.4 Å². The fourth-order valence-electron chi connectivity index (χ4n) is 4.74.